The minimum atomic E-state index is -0.966. The Hall–Kier alpha value is -2.44. The highest BCUT2D eigenvalue weighted by atomic mass is 16.6. The Balaban J connectivity index is 2.52. The van der Waals surface area contributed by atoms with Gasteiger partial charge in [-0.3, -0.25) is 25.0 Å². The van der Waals surface area contributed by atoms with Gasteiger partial charge in [0.2, 0.25) is 11.8 Å². The van der Waals surface area contributed by atoms with E-state index < -0.39 is 27.7 Å². The van der Waals surface area contributed by atoms with E-state index in [4.69, 9.17) is 0 Å². The molecule has 0 spiro atoms. The molecule has 2 N–H and O–H groups in total. The Morgan fingerprint density at radius 2 is 2.15 bits per heavy atom. The van der Waals surface area contributed by atoms with Crippen molar-refractivity contribution in [1.82, 2.24) is 5.32 Å². The van der Waals surface area contributed by atoms with E-state index in [1.54, 1.807) is 6.92 Å². The lowest BCUT2D eigenvalue weighted by molar-refractivity contribution is -0.386. The fourth-order valence-corrected chi connectivity index (χ4v) is 2.53. The maximum absolute atomic E-state index is 12.2. The van der Waals surface area contributed by atoms with E-state index >= 15 is 0 Å². The molecule has 1 aliphatic heterocycles. The summed E-state index contributed by atoms with van der Waals surface area (Å²) in [6.45, 7) is 1.79. The van der Waals surface area contributed by atoms with Crippen LogP contribution >= 0.6 is 0 Å². The molecule has 106 valence electrons. The van der Waals surface area contributed by atoms with Crippen LogP contribution in [0.1, 0.15) is 31.7 Å². The minimum absolute atomic E-state index is 0.189. The predicted molar refractivity (Wildman–Crippen MR) is 69.1 cm³/mol. The fourth-order valence-electron chi connectivity index (χ4n) is 2.53. The van der Waals surface area contributed by atoms with Crippen molar-refractivity contribution in [2.75, 3.05) is 0 Å². The normalized spacial score (nSPS) is 22.4. The van der Waals surface area contributed by atoms with E-state index in [1.807, 2.05) is 0 Å². The van der Waals surface area contributed by atoms with Crippen molar-refractivity contribution >= 4 is 17.5 Å². The van der Waals surface area contributed by atoms with Crippen LogP contribution in [-0.4, -0.2) is 21.8 Å². The van der Waals surface area contributed by atoms with Crippen LogP contribution < -0.4 is 5.32 Å². The number of carbonyl (C=O) groups excluding carboxylic acids is 2. The van der Waals surface area contributed by atoms with E-state index in [0.29, 0.717) is 18.4 Å². The summed E-state index contributed by atoms with van der Waals surface area (Å²) >= 11 is 0. The van der Waals surface area contributed by atoms with Crippen LogP contribution in [0.15, 0.2) is 18.2 Å². The molecular formula is C13H14N2O5. The van der Waals surface area contributed by atoms with Crippen LogP contribution in [0.25, 0.3) is 0 Å². The fraction of sp³-hybridized carbons (Fsp3) is 0.385. The molecule has 1 aromatic rings. The Morgan fingerprint density at radius 3 is 2.70 bits per heavy atom. The van der Waals surface area contributed by atoms with Gasteiger partial charge in [-0.05, 0) is 24.5 Å². The van der Waals surface area contributed by atoms with Crippen LogP contribution in [0.2, 0.25) is 0 Å². The van der Waals surface area contributed by atoms with Crippen LogP contribution in [0.5, 0.6) is 5.75 Å². The molecule has 0 radical (unpaired) electrons. The van der Waals surface area contributed by atoms with Gasteiger partial charge in [-0.2, -0.15) is 0 Å². The third-order valence-corrected chi connectivity index (χ3v) is 3.79. The van der Waals surface area contributed by atoms with Crippen molar-refractivity contribution in [3.63, 3.8) is 0 Å². The number of hydrogen-bond acceptors (Lipinski definition) is 5. The van der Waals surface area contributed by atoms with Crippen molar-refractivity contribution in [2.45, 2.75) is 31.6 Å². The molecule has 2 rings (SSSR count). The Kier molecular flexibility index (Phi) is 3.44. The standard InChI is InChI=1S/C13H14N2O5/c1-2-13(6-5-11(17)14-12(13)18)8-3-4-10(16)9(7-8)15(19)20/h3-4,7,16H,2,5-6H2,1H3,(H,14,17,18). The third-order valence-electron chi connectivity index (χ3n) is 3.79. The highest BCUT2D eigenvalue weighted by Crippen LogP contribution is 2.39. The number of carbonyl (C=O) groups is 2. The summed E-state index contributed by atoms with van der Waals surface area (Å²) in [4.78, 5) is 33.6. The van der Waals surface area contributed by atoms with Crippen LogP contribution in [-0.2, 0) is 15.0 Å². The maximum atomic E-state index is 12.2. The number of nitrogens with one attached hydrogen (secondary N) is 1. The Labute approximate surface area is 114 Å². The Bertz CT molecular complexity index is 598. The van der Waals surface area contributed by atoms with Gasteiger partial charge in [0.15, 0.2) is 5.75 Å². The number of phenols is 1. The number of nitro benzene ring substituents is 1. The largest absolute Gasteiger partial charge is 0.502 e. The number of imide groups is 1. The molecule has 1 aromatic carbocycles. The molecule has 7 heteroatoms. The number of piperidine rings is 1. The van der Waals surface area contributed by atoms with Gasteiger partial charge >= 0.3 is 5.69 Å². The molecule has 1 heterocycles. The van der Waals surface area contributed by atoms with E-state index in [0.717, 1.165) is 0 Å². The monoisotopic (exact) mass is 278 g/mol. The Morgan fingerprint density at radius 1 is 1.45 bits per heavy atom. The topological polar surface area (TPSA) is 110 Å². The second-order valence-corrected chi connectivity index (χ2v) is 4.77. The molecule has 0 bridgehead atoms. The first kappa shape index (κ1) is 14.0. The van der Waals surface area contributed by atoms with Gasteiger partial charge in [0, 0.05) is 12.5 Å². The SMILES string of the molecule is CCC1(c2ccc(O)c([N+](=O)[O-])c2)CCC(=O)NC1=O. The lowest BCUT2D eigenvalue weighted by Gasteiger charge is -2.34. The molecule has 2 amide bonds. The lowest BCUT2D eigenvalue weighted by atomic mass is 9.72. The number of aromatic hydroxyl groups is 1. The molecule has 7 nitrogen and oxygen atoms in total. The molecule has 20 heavy (non-hydrogen) atoms. The van der Waals surface area contributed by atoms with Gasteiger partial charge < -0.3 is 5.11 Å². The van der Waals surface area contributed by atoms with E-state index in [-0.39, 0.29) is 12.3 Å². The first-order chi connectivity index (χ1) is 9.40. The van der Waals surface area contributed by atoms with E-state index in [1.165, 1.54) is 18.2 Å². The van der Waals surface area contributed by atoms with Crippen molar-refractivity contribution in [3.05, 3.63) is 33.9 Å². The van der Waals surface area contributed by atoms with Gasteiger partial charge in [-0.1, -0.05) is 13.0 Å². The highest BCUT2D eigenvalue weighted by Gasteiger charge is 2.43. The molecule has 1 aliphatic rings. The van der Waals surface area contributed by atoms with Gasteiger partial charge in [0.1, 0.15) is 0 Å². The molecule has 0 aliphatic carbocycles. The second-order valence-electron chi connectivity index (χ2n) is 4.77. The first-order valence-corrected chi connectivity index (χ1v) is 6.23. The van der Waals surface area contributed by atoms with Gasteiger partial charge in [-0.15, -0.1) is 0 Å². The lowest BCUT2D eigenvalue weighted by Crippen LogP contribution is -2.51. The summed E-state index contributed by atoms with van der Waals surface area (Å²) in [6, 6.07) is 3.89. The predicted octanol–water partition coefficient (Wildman–Crippen LogP) is 1.38. The smallest absolute Gasteiger partial charge is 0.311 e. The molecule has 0 aromatic heterocycles. The summed E-state index contributed by atoms with van der Waals surface area (Å²) in [5.74, 6) is -1.24. The van der Waals surface area contributed by atoms with Crippen molar-refractivity contribution < 1.29 is 19.6 Å². The summed E-state index contributed by atoms with van der Waals surface area (Å²) in [7, 11) is 0. The van der Waals surface area contributed by atoms with Crippen molar-refractivity contribution in [1.29, 1.82) is 0 Å². The number of nitro groups is 1. The van der Waals surface area contributed by atoms with Crippen LogP contribution in [0.3, 0.4) is 0 Å². The molecule has 1 unspecified atom stereocenters. The molecule has 1 atom stereocenters. The zero-order valence-corrected chi connectivity index (χ0v) is 10.9. The number of benzene rings is 1. The molecule has 0 saturated carbocycles. The average molecular weight is 278 g/mol. The zero-order chi connectivity index (χ0) is 14.9. The summed E-state index contributed by atoms with van der Waals surface area (Å²) in [5.41, 5.74) is -0.971. The molecule has 1 fully saturated rings. The van der Waals surface area contributed by atoms with E-state index in [9.17, 15) is 24.8 Å². The minimum Gasteiger partial charge on any atom is -0.502 e. The highest BCUT2D eigenvalue weighted by molar-refractivity contribution is 6.03. The van der Waals surface area contributed by atoms with E-state index in [2.05, 4.69) is 5.32 Å². The summed E-state index contributed by atoms with van der Waals surface area (Å²) < 4.78 is 0. The van der Waals surface area contributed by atoms with Crippen LogP contribution in [0.4, 0.5) is 5.69 Å². The number of rotatable bonds is 3. The number of phenolic OH excluding ortho intramolecular Hbond substituents is 1. The summed E-state index contributed by atoms with van der Waals surface area (Å²) in [5, 5.41) is 22.6. The molecule has 1 saturated heterocycles. The average Bonchev–Trinajstić information content (AvgIpc) is 2.40. The number of nitrogens with zero attached hydrogens (tertiary/aromatic N) is 1. The van der Waals surface area contributed by atoms with Crippen molar-refractivity contribution in [3.8, 4) is 5.75 Å². The molecular weight excluding hydrogens is 264 g/mol. The van der Waals surface area contributed by atoms with Gasteiger partial charge in [-0.25, -0.2) is 0 Å². The third kappa shape index (κ3) is 2.11. The van der Waals surface area contributed by atoms with Gasteiger partial charge in [0.05, 0.1) is 10.3 Å². The van der Waals surface area contributed by atoms with Crippen molar-refractivity contribution in [2.24, 2.45) is 0 Å². The van der Waals surface area contributed by atoms with Gasteiger partial charge in [0.25, 0.3) is 0 Å². The second kappa shape index (κ2) is 4.92. The number of amides is 2. The van der Waals surface area contributed by atoms with Crippen LogP contribution in [0, 0.1) is 10.1 Å². The first-order valence-electron chi connectivity index (χ1n) is 6.23. The maximum Gasteiger partial charge on any atom is 0.311 e. The zero-order valence-electron chi connectivity index (χ0n) is 10.9. The number of hydrogen-bond donors (Lipinski definition) is 2. The summed E-state index contributed by atoms with van der Waals surface area (Å²) in [6.07, 6.45) is 0.901. The quantitative estimate of drug-likeness (QED) is 0.493.